The van der Waals surface area contributed by atoms with Crippen LogP contribution in [0.1, 0.15) is 19.8 Å². The summed E-state index contributed by atoms with van der Waals surface area (Å²) >= 11 is 0. The van der Waals surface area contributed by atoms with Gasteiger partial charge in [0.2, 0.25) is 11.8 Å². The molecule has 2 atom stereocenters. The zero-order chi connectivity index (χ0) is 10.7. The van der Waals surface area contributed by atoms with Gasteiger partial charge in [0.15, 0.2) is 0 Å². The van der Waals surface area contributed by atoms with Gasteiger partial charge in [0.25, 0.3) is 0 Å². The van der Waals surface area contributed by atoms with E-state index < -0.39 is 24.0 Å². The molecule has 0 saturated carbocycles. The third-order valence-corrected chi connectivity index (χ3v) is 2.04. The Morgan fingerprint density at radius 3 is 2.71 bits per heavy atom. The van der Waals surface area contributed by atoms with Crippen molar-refractivity contribution in [3.8, 4) is 0 Å². The van der Waals surface area contributed by atoms with Gasteiger partial charge in [-0.1, -0.05) is 0 Å². The zero-order valence-electron chi connectivity index (χ0n) is 7.74. The first-order valence-corrected chi connectivity index (χ1v) is 4.33. The van der Waals surface area contributed by atoms with Crippen molar-refractivity contribution in [1.29, 1.82) is 0 Å². The lowest BCUT2D eigenvalue weighted by molar-refractivity contribution is -0.141. The summed E-state index contributed by atoms with van der Waals surface area (Å²) in [6.45, 7) is 1.37. The average molecular weight is 200 g/mol. The van der Waals surface area contributed by atoms with Gasteiger partial charge in [-0.3, -0.25) is 14.4 Å². The fourth-order valence-electron chi connectivity index (χ4n) is 1.19. The van der Waals surface area contributed by atoms with Crippen LogP contribution in [0, 0.1) is 0 Å². The molecule has 1 aliphatic rings. The average Bonchev–Trinajstić information content (AvgIpc) is 2.51. The van der Waals surface area contributed by atoms with E-state index in [0.29, 0.717) is 12.8 Å². The van der Waals surface area contributed by atoms with Crippen LogP contribution in [-0.2, 0) is 14.4 Å². The van der Waals surface area contributed by atoms with E-state index in [1.165, 1.54) is 6.92 Å². The van der Waals surface area contributed by atoms with Gasteiger partial charge < -0.3 is 15.7 Å². The van der Waals surface area contributed by atoms with E-state index in [2.05, 4.69) is 10.6 Å². The van der Waals surface area contributed by atoms with Crippen LogP contribution in [0.3, 0.4) is 0 Å². The quantitative estimate of drug-likeness (QED) is 0.536. The van der Waals surface area contributed by atoms with Crippen LogP contribution in [0.5, 0.6) is 0 Å². The van der Waals surface area contributed by atoms with Crippen LogP contribution < -0.4 is 10.6 Å². The maximum Gasteiger partial charge on any atom is 0.325 e. The van der Waals surface area contributed by atoms with Crippen molar-refractivity contribution in [2.24, 2.45) is 0 Å². The highest BCUT2D eigenvalue weighted by Crippen LogP contribution is 2.06. The van der Waals surface area contributed by atoms with Crippen molar-refractivity contribution < 1.29 is 19.5 Å². The molecule has 3 N–H and O–H groups in total. The summed E-state index contributed by atoms with van der Waals surface area (Å²) in [7, 11) is 0. The molecule has 0 unspecified atom stereocenters. The molecular weight excluding hydrogens is 188 g/mol. The first kappa shape index (κ1) is 10.5. The van der Waals surface area contributed by atoms with E-state index in [1.54, 1.807) is 0 Å². The van der Waals surface area contributed by atoms with Crippen molar-refractivity contribution in [3.05, 3.63) is 0 Å². The minimum atomic E-state index is -1.09. The number of carboxylic acid groups (broad SMARTS) is 1. The Labute approximate surface area is 80.7 Å². The zero-order valence-corrected chi connectivity index (χ0v) is 7.74. The van der Waals surface area contributed by atoms with E-state index in [4.69, 9.17) is 5.11 Å². The van der Waals surface area contributed by atoms with Crippen LogP contribution in [0.15, 0.2) is 0 Å². The Kier molecular flexibility index (Phi) is 3.06. The lowest BCUT2D eigenvalue weighted by Gasteiger charge is -2.13. The molecule has 0 aromatic heterocycles. The Balaban J connectivity index is 2.42. The molecule has 0 aromatic rings. The normalized spacial score (nSPS) is 22.6. The fourth-order valence-corrected chi connectivity index (χ4v) is 1.19. The van der Waals surface area contributed by atoms with Crippen LogP contribution in [-0.4, -0.2) is 35.0 Å². The van der Waals surface area contributed by atoms with Crippen molar-refractivity contribution >= 4 is 17.8 Å². The summed E-state index contributed by atoms with van der Waals surface area (Å²) < 4.78 is 0. The second-order valence-corrected chi connectivity index (χ2v) is 3.23. The predicted molar refractivity (Wildman–Crippen MR) is 46.4 cm³/mol. The summed E-state index contributed by atoms with van der Waals surface area (Å²) in [6, 6.07) is -1.51. The molecule has 2 amide bonds. The summed E-state index contributed by atoms with van der Waals surface area (Å²) in [5.41, 5.74) is 0. The maximum atomic E-state index is 11.3. The van der Waals surface area contributed by atoms with E-state index in [9.17, 15) is 14.4 Å². The van der Waals surface area contributed by atoms with E-state index >= 15 is 0 Å². The molecule has 6 heteroatoms. The Bertz CT molecular complexity index is 277. The lowest BCUT2D eigenvalue weighted by atomic mass is 10.2. The second kappa shape index (κ2) is 4.08. The molecule has 1 rings (SSSR count). The van der Waals surface area contributed by atoms with Crippen molar-refractivity contribution in [3.63, 3.8) is 0 Å². The Hall–Kier alpha value is -1.59. The third kappa shape index (κ3) is 2.45. The lowest BCUT2D eigenvalue weighted by Crippen LogP contribution is -2.47. The summed E-state index contributed by atoms with van der Waals surface area (Å²) in [5, 5.41) is 13.3. The van der Waals surface area contributed by atoms with E-state index in [-0.39, 0.29) is 5.91 Å². The third-order valence-electron chi connectivity index (χ3n) is 2.04. The highest BCUT2D eigenvalue weighted by atomic mass is 16.4. The molecule has 0 aliphatic carbocycles. The molecule has 1 aliphatic heterocycles. The largest absolute Gasteiger partial charge is 0.480 e. The number of aliphatic carboxylic acids is 1. The topological polar surface area (TPSA) is 95.5 Å². The maximum absolute atomic E-state index is 11.3. The van der Waals surface area contributed by atoms with Crippen molar-refractivity contribution in [1.82, 2.24) is 10.6 Å². The predicted octanol–water partition coefficient (Wildman–Crippen LogP) is -1.15. The molecule has 78 valence electrons. The van der Waals surface area contributed by atoms with Gasteiger partial charge in [0, 0.05) is 6.42 Å². The molecule has 14 heavy (non-hydrogen) atoms. The molecule has 1 fully saturated rings. The Morgan fingerprint density at radius 1 is 1.64 bits per heavy atom. The first-order chi connectivity index (χ1) is 6.50. The monoisotopic (exact) mass is 200 g/mol. The Morgan fingerprint density at radius 2 is 2.29 bits per heavy atom. The number of hydrogen-bond donors (Lipinski definition) is 3. The number of carbonyl (C=O) groups excluding carboxylic acids is 2. The number of amides is 2. The molecule has 1 heterocycles. The van der Waals surface area contributed by atoms with E-state index in [1.807, 2.05) is 0 Å². The highest BCUT2D eigenvalue weighted by molar-refractivity contribution is 5.92. The number of nitrogens with one attached hydrogen (secondary N) is 2. The smallest absolute Gasteiger partial charge is 0.325 e. The number of hydrogen-bond acceptors (Lipinski definition) is 3. The number of carbonyl (C=O) groups is 3. The van der Waals surface area contributed by atoms with Crippen LogP contribution in [0.2, 0.25) is 0 Å². The molecular formula is C8H12N2O4. The SMILES string of the molecule is C[C@H](NC(=O)[C@@H]1CCC(=O)N1)C(=O)O. The molecule has 0 spiro atoms. The standard InChI is InChI=1S/C8H12N2O4/c1-4(8(13)14)9-7(12)5-2-3-6(11)10-5/h4-5H,2-3H2,1H3,(H,9,12)(H,10,11)(H,13,14)/t4-,5-/m0/s1. The molecule has 6 nitrogen and oxygen atoms in total. The molecule has 1 saturated heterocycles. The fraction of sp³-hybridized carbons (Fsp3) is 0.625. The minimum absolute atomic E-state index is 0.173. The van der Waals surface area contributed by atoms with Crippen molar-refractivity contribution in [2.45, 2.75) is 31.8 Å². The molecule has 0 bridgehead atoms. The van der Waals surface area contributed by atoms with Gasteiger partial charge in [0.1, 0.15) is 12.1 Å². The second-order valence-electron chi connectivity index (χ2n) is 3.23. The molecule has 0 aromatic carbocycles. The molecule has 0 radical (unpaired) electrons. The van der Waals surface area contributed by atoms with Gasteiger partial charge in [-0.05, 0) is 13.3 Å². The van der Waals surface area contributed by atoms with Gasteiger partial charge in [-0.15, -0.1) is 0 Å². The van der Waals surface area contributed by atoms with Gasteiger partial charge in [-0.25, -0.2) is 0 Å². The van der Waals surface area contributed by atoms with E-state index in [0.717, 1.165) is 0 Å². The minimum Gasteiger partial charge on any atom is -0.480 e. The van der Waals surface area contributed by atoms with Gasteiger partial charge in [0.05, 0.1) is 0 Å². The van der Waals surface area contributed by atoms with Crippen LogP contribution >= 0.6 is 0 Å². The number of rotatable bonds is 3. The van der Waals surface area contributed by atoms with Gasteiger partial charge >= 0.3 is 5.97 Å². The van der Waals surface area contributed by atoms with Crippen LogP contribution in [0.4, 0.5) is 0 Å². The summed E-state index contributed by atoms with van der Waals surface area (Å²) in [5.74, 6) is -1.71. The number of carboxylic acids is 1. The van der Waals surface area contributed by atoms with Gasteiger partial charge in [-0.2, -0.15) is 0 Å². The summed E-state index contributed by atoms with van der Waals surface area (Å²) in [4.78, 5) is 32.5. The van der Waals surface area contributed by atoms with Crippen LogP contribution in [0.25, 0.3) is 0 Å². The first-order valence-electron chi connectivity index (χ1n) is 4.33. The highest BCUT2D eigenvalue weighted by Gasteiger charge is 2.28. The summed E-state index contributed by atoms with van der Waals surface area (Å²) in [6.07, 6.45) is 0.747. The van der Waals surface area contributed by atoms with Crippen molar-refractivity contribution in [2.75, 3.05) is 0 Å².